The third-order valence-electron chi connectivity index (χ3n) is 3.85. The number of furan rings is 1. The predicted molar refractivity (Wildman–Crippen MR) is 76.1 cm³/mol. The molecule has 1 aliphatic rings. The van der Waals surface area contributed by atoms with Gasteiger partial charge in [-0.1, -0.05) is 11.6 Å². The van der Waals surface area contributed by atoms with Crippen LogP contribution in [-0.2, 0) is 4.74 Å². The van der Waals surface area contributed by atoms with Crippen LogP contribution in [0.3, 0.4) is 0 Å². The molecule has 2 heterocycles. The van der Waals surface area contributed by atoms with Crippen molar-refractivity contribution in [2.75, 3.05) is 6.61 Å². The van der Waals surface area contributed by atoms with Crippen LogP contribution in [0.4, 0.5) is 0 Å². The molecule has 0 amide bonds. The Morgan fingerprint density at radius 3 is 3.00 bits per heavy atom. The number of hydrogen-bond donors (Lipinski definition) is 1. The molecule has 1 fully saturated rings. The van der Waals surface area contributed by atoms with Crippen LogP contribution in [0.15, 0.2) is 28.7 Å². The fourth-order valence-electron chi connectivity index (χ4n) is 2.76. The number of hydrogen-bond acceptors (Lipinski definition) is 3. The smallest absolute Gasteiger partial charge is 0.134 e. The maximum absolute atomic E-state index is 6.25. The number of benzene rings is 1. The van der Waals surface area contributed by atoms with Crippen LogP contribution < -0.4 is 5.73 Å². The molecule has 2 unspecified atom stereocenters. The Hall–Kier alpha value is -1.32. The van der Waals surface area contributed by atoms with Crippen molar-refractivity contribution in [3.63, 3.8) is 0 Å². The van der Waals surface area contributed by atoms with Crippen LogP contribution in [0.25, 0.3) is 11.0 Å². The summed E-state index contributed by atoms with van der Waals surface area (Å²) in [6, 6.07) is 8.20. The zero-order valence-corrected chi connectivity index (χ0v) is 11.4. The summed E-state index contributed by atoms with van der Waals surface area (Å²) < 4.78 is 11.6. The minimum absolute atomic E-state index is 0.0733. The maximum atomic E-state index is 6.25. The molecule has 3 heteroatoms. The molecule has 0 saturated carbocycles. The fourth-order valence-corrected chi connectivity index (χ4v) is 2.76. The molecule has 102 valence electrons. The Morgan fingerprint density at radius 1 is 1.32 bits per heavy atom. The Kier molecular flexibility index (Phi) is 3.58. The summed E-state index contributed by atoms with van der Waals surface area (Å²) in [6.07, 6.45) is 4.68. The van der Waals surface area contributed by atoms with Crippen molar-refractivity contribution in [1.82, 2.24) is 0 Å². The molecular formula is C16H21NO2. The van der Waals surface area contributed by atoms with Crippen LogP contribution in [0.2, 0.25) is 0 Å². The van der Waals surface area contributed by atoms with Crippen LogP contribution in [0, 0.1) is 6.92 Å². The average molecular weight is 259 g/mol. The third-order valence-corrected chi connectivity index (χ3v) is 3.85. The monoisotopic (exact) mass is 259 g/mol. The maximum Gasteiger partial charge on any atom is 0.134 e. The molecule has 2 atom stereocenters. The number of aryl methyl sites for hydroxylation is 1. The lowest BCUT2D eigenvalue weighted by Gasteiger charge is -2.24. The van der Waals surface area contributed by atoms with Gasteiger partial charge in [0.2, 0.25) is 0 Å². The van der Waals surface area contributed by atoms with Gasteiger partial charge in [-0.05, 0) is 50.8 Å². The van der Waals surface area contributed by atoms with E-state index in [0.717, 1.165) is 36.2 Å². The summed E-state index contributed by atoms with van der Waals surface area (Å²) in [7, 11) is 0. The Labute approximate surface area is 113 Å². The van der Waals surface area contributed by atoms with Gasteiger partial charge in [0.25, 0.3) is 0 Å². The second kappa shape index (κ2) is 5.35. The average Bonchev–Trinajstić information content (AvgIpc) is 2.83. The molecule has 0 aliphatic carbocycles. The molecule has 3 rings (SSSR count). The Bertz CT molecular complexity index is 555. The summed E-state index contributed by atoms with van der Waals surface area (Å²) in [4.78, 5) is 0. The van der Waals surface area contributed by atoms with E-state index in [4.69, 9.17) is 14.9 Å². The lowest BCUT2D eigenvalue weighted by molar-refractivity contribution is 0.00628. The normalized spacial score (nSPS) is 21.7. The van der Waals surface area contributed by atoms with Crippen LogP contribution in [0.1, 0.15) is 43.0 Å². The summed E-state index contributed by atoms with van der Waals surface area (Å²) in [5.41, 5.74) is 8.41. The third kappa shape index (κ3) is 2.82. The van der Waals surface area contributed by atoms with E-state index >= 15 is 0 Å². The molecule has 1 aromatic carbocycles. The molecule has 19 heavy (non-hydrogen) atoms. The van der Waals surface area contributed by atoms with E-state index in [2.05, 4.69) is 25.1 Å². The summed E-state index contributed by atoms with van der Waals surface area (Å²) >= 11 is 0. The van der Waals surface area contributed by atoms with Crippen molar-refractivity contribution in [2.45, 2.75) is 44.8 Å². The number of nitrogens with two attached hydrogens (primary N) is 1. The highest BCUT2D eigenvalue weighted by Gasteiger charge is 2.20. The minimum atomic E-state index is -0.0733. The molecule has 1 saturated heterocycles. The standard InChI is InChI=1S/C16H21NO2/c1-11-5-6-15-12(8-11)9-16(19-15)14(17)10-13-4-2-3-7-18-13/h5-6,8-9,13-14H,2-4,7,10,17H2,1H3. The van der Waals surface area contributed by atoms with Crippen LogP contribution in [0.5, 0.6) is 0 Å². The van der Waals surface area contributed by atoms with Crippen molar-refractivity contribution in [2.24, 2.45) is 5.73 Å². The second-order valence-corrected chi connectivity index (χ2v) is 5.52. The summed E-state index contributed by atoms with van der Waals surface area (Å²) in [6.45, 7) is 2.96. The van der Waals surface area contributed by atoms with Crippen molar-refractivity contribution in [3.8, 4) is 0 Å². The Morgan fingerprint density at radius 2 is 2.21 bits per heavy atom. The van der Waals surface area contributed by atoms with Gasteiger partial charge in [-0.2, -0.15) is 0 Å². The van der Waals surface area contributed by atoms with Gasteiger partial charge in [0.05, 0.1) is 12.1 Å². The lowest BCUT2D eigenvalue weighted by atomic mass is 10.0. The van der Waals surface area contributed by atoms with Crippen molar-refractivity contribution in [3.05, 3.63) is 35.6 Å². The highest BCUT2D eigenvalue weighted by atomic mass is 16.5. The van der Waals surface area contributed by atoms with Crippen molar-refractivity contribution in [1.29, 1.82) is 0 Å². The van der Waals surface area contributed by atoms with E-state index in [1.165, 1.54) is 18.4 Å². The topological polar surface area (TPSA) is 48.4 Å². The molecule has 1 aliphatic heterocycles. The first-order valence-electron chi connectivity index (χ1n) is 7.09. The first-order chi connectivity index (χ1) is 9.22. The quantitative estimate of drug-likeness (QED) is 0.914. The van der Waals surface area contributed by atoms with Crippen molar-refractivity contribution < 1.29 is 9.15 Å². The summed E-state index contributed by atoms with van der Waals surface area (Å²) in [5, 5.41) is 1.13. The van der Waals surface area contributed by atoms with E-state index < -0.39 is 0 Å². The number of ether oxygens (including phenoxy) is 1. The summed E-state index contributed by atoms with van der Waals surface area (Å²) in [5.74, 6) is 0.870. The van der Waals surface area contributed by atoms with Gasteiger partial charge in [0.15, 0.2) is 0 Å². The van der Waals surface area contributed by atoms with Gasteiger partial charge in [0.1, 0.15) is 11.3 Å². The number of fused-ring (bicyclic) bond motifs is 1. The zero-order chi connectivity index (χ0) is 13.2. The molecule has 2 aromatic rings. The van der Waals surface area contributed by atoms with Gasteiger partial charge in [0, 0.05) is 12.0 Å². The highest BCUT2D eigenvalue weighted by Crippen LogP contribution is 2.28. The number of rotatable bonds is 3. The SMILES string of the molecule is Cc1ccc2oc(C(N)CC3CCCCO3)cc2c1. The molecule has 3 nitrogen and oxygen atoms in total. The molecule has 0 spiro atoms. The van der Waals surface area contributed by atoms with E-state index in [0.29, 0.717) is 6.10 Å². The van der Waals surface area contributed by atoms with Gasteiger partial charge in [-0.25, -0.2) is 0 Å². The predicted octanol–water partition coefficient (Wildman–Crippen LogP) is 3.70. The van der Waals surface area contributed by atoms with E-state index in [9.17, 15) is 0 Å². The highest BCUT2D eigenvalue weighted by molar-refractivity contribution is 5.78. The molecular weight excluding hydrogens is 238 g/mol. The minimum Gasteiger partial charge on any atom is -0.459 e. The van der Waals surface area contributed by atoms with Crippen molar-refractivity contribution >= 4 is 11.0 Å². The largest absolute Gasteiger partial charge is 0.459 e. The lowest BCUT2D eigenvalue weighted by Crippen LogP contribution is -2.24. The van der Waals surface area contributed by atoms with E-state index in [1.54, 1.807) is 0 Å². The molecule has 1 aromatic heterocycles. The Balaban J connectivity index is 1.75. The fraction of sp³-hybridized carbons (Fsp3) is 0.500. The van der Waals surface area contributed by atoms with Crippen LogP contribution in [-0.4, -0.2) is 12.7 Å². The van der Waals surface area contributed by atoms with Gasteiger partial charge in [-0.15, -0.1) is 0 Å². The molecule has 0 radical (unpaired) electrons. The first-order valence-corrected chi connectivity index (χ1v) is 7.09. The molecule has 2 N–H and O–H groups in total. The zero-order valence-electron chi connectivity index (χ0n) is 11.4. The first kappa shape index (κ1) is 12.7. The molecule has 0 bridgehead atoms. The van der Waals surface area contributed by atoms with Gasteiger partial charge in [-0.3, -0.25) is 0 Å². The van der Waals surface area contributed by atoms with Crippen LogP contribution >= 0.6 is 0 Å². The second-order valence-electron chi connectivity index (χ2n) is 5.52. The van der Waals surface area contributed by atoms with E-state index in [1.807, 2.05) is 6.07 Å². The van der Waals surface area contributed by atoms with Gasteiger partial charge >= 0.3 is 0 Å². The van der Waals surface area contributed by atoms with E-state index in [-0.39, 0.29) is 6.04 Å². The van der Waals surface area contributed by atoms with Gasteiger partial charge < -0.3 is 14.9 Å².